The molecule has 3 aliphatic rings. The second-order valence-corrected chi connectivity index (χ2v) is 8.15. The summed E-state index contributed by atoms with van der Waals surface area (Å²) >= 11 is 0. The van der Waals surface area contributed by atoms with Gasteiger partial charge in [0.25, 0.3) is 0 Å². The van der Waals surface area contributed by atoms with E-state index >= 15 is 0 Å². The second-order valence-electron chi connectivity index (χ2n) is 8.15. The van der Waals surface area contributed by atoms with E-state index in [2.05, 4.69) is 23.6 Å². The van der Waals surface area contributed by atoms with Crippen LogP contribution in [0, 0.1) is 11.8 Å². The minimum absolute atomic E-state index is 0.615. The summed E-state index contributed by atoms with van der Waals surface area (Å²) in [5, 5.41) is 0. The molecule has 0 radical (unpaired) electrons. The van der Waals surface area contributed by atoms with E-state index in [0.29, 0.717) is 11.8 Å². The lowest BCUT2D eigenvalue weighted by molar-refractivity contribution is 0.0807. The largest absolute Gasteiger partial charge is 0.381 e. The molecule has 0 bridgehead atoms. The van der Waals surface area contributed by atoms with Crippen LogP contribution < -0.4 is 0 Å². The molecule has 2 aliphatic carbocycles. The predicted molar refractivity (Wildman–Crippen MR) is 98.6 cm³/mol. The topological polar surface area (TPSA) is 39.4 Å². The highest BCUT2D eigenvalue weighted by atomic mass is 16.5. The Labute approximate surface area is 149 Å². The lowest BCUT2D eigenvalue weighted by Gasteiger charge is -2.25. The molecule has 0 spiro atoms. The number of hydrogen-bond acceptors (Lipinski definition) is 3. The van der Waals surface area contributed by atoms with Gasteiger partial charge in [-0.3, -0.25) is 9.38 Å². The van der Waals surface area contributed by atoms with Crippen molar-refractivity contribution in [2.24, 2.45) is 11.8 Å². The van der Waals surface area contributed by atoms with Crippen LogP contribution in [0.3, 0.4) is 0 Å². The first-order valence-corrected chi connectivity index (χ1v) is 9.94. The molecule has 1 aliphatic heterocycles. The van der Waals surface area contributed by atoms with Crippen molar-refractivity contribution in [1.82, 2.24) is 14.4 Å². The summed E-state index contributed by atoms with van der Waals surface area (Å²) in [6.45, 7) is 4.15. The van der Waals surface area contributed by atoms with Gasteiger partial charge in [0.15, 0.2) is 5.65 Å². The van der Waals surface area contributed by atoms with Gasteiger partial charge in [0.05, 0.1) is 23.3 Å². The summed E-state index contributed by atoms with van der Waals surface area (Å²) in [7, 11) is 0. The summed E-state index contributed by atoms with van der Waals surface area (Å²) in [5.74, 6) is 2.12. The van der Waals surface area contributed by atoms with Crippen molar-refractivity contribution in [2.45, 2.75) is 57.8 Å². The third-order valence-corrected chi connectivity index (χ3v) is 6.49. The van der Waals surface area contributed by atoms with Gasteiger partial charge in [-0.25, -0.2) is 4.98 Å². The van der Waals surface area contributed by atoms with Crippen molar-refractivity contribution in [2.75, 3.05) is 13.2 Å². The van der Waals surface area contributed by atoms with Crippen LogP contribution in [-0.2, 0) is 11.2 Å². The van der Waals surface area contributed by atoms with Gasteiger partial charge in [-0.05, 0) is 43.1 Å². The van der Waals surface area contributed by atoms with Crippen LogP contribution in [0.2, 0.25) is 0 Å². The minimum atomic E-state index is 0.615. The summed E-state index contributed by atoms with van der Waals surface area (Å²) in [4.78, 5) is 9.70. The Morgan fingerprint density at radius 2 is 1.84 bits per heavy atom. The first kappa shape index (κ1) is 15.6. The smallest absolute Gasteiger partial charge is 0.156 e. The van der Waals surface area contributed by atoms with E-state index in [4.69, 9.17) is 14.7 Å². The molecule has 0 N–H and O–H groups in total. The maximum atomic E-state index is 5.56. The molecule has 0 unspecified atom stereocenters. The molecule has 5 rings (SSSR count). The van der Waals surface area contributed by atoms with Crippen molar-refractivity contribution < 1.29 is 4.74 Å². The van der Waals surface area contributed by atoms with E-state index in [-0.39, 0.29) is 0 Å². The van der Waals surface area contributed by atoms with E-state index in [9.17, 15) is 0 Å². The molecule has 2 fully saturated rings. The Morgan fingerprint density at radius 1 is 1.04 bits per heavy atom. The van der Waals surface area contributed by atoms with Gasteiger partial charge in [-0.2, -0.15) is 0 Å². The van der Waals surface area contributed by atoms with E-state index in [1.165, 1.54) is 48.3 Å². The van der Waals surface area contributed by atoms with Crippen LogP contribution in [0.4, 0.5) is 0 Å². The SMILES string of the molecule is CC1CCC(c2cn3c4c(ncc3n2)CC=C4C2CCOCC2)CC1. The number of fused-ring (bicyclic) bond motifs is 3. The summed E-state index contributed by atoms with van der Waals surface area (Å²) < 4.78 is 7.90. The minimum Gasteiger partial charge on any atom is -0.381 e. The van der Waals surface area contributed by atoms with E-state index in [1.807, 2.05) is 6.20 Å². The van der Waals surface area contributed by atoms with E-state index in [1.54, 1.807) is 0 Å². The van der Waals surface area contributed by atoms with Gasteiger partial charge < -0.3 is 4.74 Å². The average molecular weight is 337 g/mol. The fraction of sp³-hybridized carbons (Fsp3) is 0.619. The Kier molecular flexibility index (Phi) is 3.89. The number of hydrogen-bond donors (Lipinski definition) is 0. The zero-order valence-corrected chi connectivity index (χ0v) is 15.1. The normalized spacial score (nSPS) is 27.5. The number of ether oxygens (including phenoxy) is 1. The van der Waals surface area contributed by atoms with Gasteiger partial charge in [-0.1, -0.05) is 25.8 Å². The third kappa shape index (κ3) is 2.71. The van der Waals surface area contributed by atoms with Crippen LogP contribution in [0.25, 0.3) is 11.2 Å². The summed E-state index contributed by atoms with van der Waals surface area (Å²) in [5.41, 5.74) is 6.33. The van der Waals surface area contributed by atoms with Crippen molar-refractivity contribution in [3.05, 3.63) is 35.6 Å². The van der Waals surface area contributed by atoms with Crippen LogP contribution in [0.15, 0.2) is 18.5 Å². The zero-order chi connectivity index (χ0) is 16.8. The summed E-state index contributed by atoms with van der Waals surface area (Å²) in [6, 6.07) is 0. The molecule has 1 saturated carbocycles. The molecular formula is C21H27N3O. The number of rotatable bonds is 2. The lowest BCUT2D eigenvalue weighted by Crippen LogP contribution is -2.17. The third-order valence-electron chi connectivity index (χ3n) is 6.49. The van der Waals surface area contributed by atoms with Gasteiger partial charge in [-0.15, -0.1) is 0 Å². The van der Waals surface area contributed by atoms with Crippen molar-refractivity contribution in [3.63, 3.8) is 0 Å². The number of aromatic nitrogens is 3. The number of imidazole rings is 1. The standard InChI is InChI=1S/C21H27N3O/c1-14-2-4-16(5-3-14)19-13-24-20(23-19)12-22-18-7-6-17(21(18)24)15-8-10-25-11-9-15/h6,12-16H,2-5,7-11H2,1H3. The van der Waals surface area contributed by atoms with E-state index in [0.717, 1.165) is 44.0 Å². The lowest BCUT2D eigenvalue weighted by atomic mass is 9.82. The van der Waals surface area contributed by atoms with E-state index < -0.39 is 0 Å². The number of nitrogens with zero attached hydrogens (tertiary/aromatic N) is 3. The van der Waals surface area contributed by atoms with Crippen LogP contribution >= 0.6 is 0 Å². The molecular weight excluding hydrogens is 310 g/mol. The first-order chi connectivity index (χ1) is 12.3. The predicted octanol–water partition coefficient (Wildman–Crippen LogP) is 4.39. The molecule has 2 aromatic rings. The second kappa shape index (κ2) is 6.24. The molecule has 4 nitrogen and oxygen atoms in total. The molecule has 2 aromatic heterocycles. The molecule has 25 heavy (non-hydrogen) atoms. The fourth-order valence-corrected chi connectivity index (χ4v) is 4.90. The quantitative estimate of drug-likeness (QED) is 0.816. The molecule has 3 heterocycles. The van der Waals surface area contributed by atoms with Gasteiger partial charge in [0.2, 0.25) is 0 Å². The van der Waals surface area contributed by atoms with Crippen LogP contribution in [0.1, 0.15) is 68.4 Å². The van der Waals surface area contributed by atoms with Gasteiger partial charge in [0.1, 0.15) is 0 Å². The van der Waals surface area contributed by atoms with Crippen LogP contribution in [-0.4, -0.2) is 27.6 Å². The van der Waals surface area contributed by atoms with Crippen molar-refractivity contribution in [3.8, 4) is 0 Å². The molecule has 1 saturated heterocycles. The molecule has 0 aromatic carbocycles. The Hall–Kier alpha value is -1.68. The Balaban J connectivity index is 1.51. The molecule has 0 amide bonds. The maximum absolute atomic E-state index is 5.56. The highest BCUT2D eigenvalue weighted by Gasteiger charge is 2.28. The maximum Gasteiger partial charge on any atom is 0.156 e. The van der Waals surface area contributed by atoms with Crippen molar-refractivity contribution in [1.29, 1.82) is 0 Å². The zero-order valence-electron chi connectivity index (χ0n) is 15.1. The van der Waals surface area contributed by atoms with Crippen LogP contribution in [0.5, 0.6) is 0 Å². The average Bonchev–Trinajstić information content (AvgIpc) is 3.26. The Morgan fingerprint density at radius 3 is 2.64 bits per heavy atom. The Bertz CT molecular complexity index is 808. The van der Waals surface area contributed by atoms with Gasteiger partial charge in [0, 0.05) is 31.7 Å². The van der Waals surface area contributed by atoms with Gasteiger partial charge >= 0.3 is 0 Å². The first-order valence-electron chi connectivity index (χ1n) is 9.94. The van der Waals surface area contributed by atoms with Crippen molar-refractivity contribution >= 4 is 11.2 Å². The molecule has 0 atom stereocenters. The molecule has 4 heteroatoms. The monoisotopic (exact) mass is 337 g/mol. The number of allylic oxidation sites excluding steroid dienone is 2. The fourth-order valence-electron chi connectivity index (χ4n) is 4.90. The highest BCUT2D eigenvalue weighted by molar-refractivity contribution is 5.73. The molecule has 132 valence electrons. The summed E-state index contributed by atoms with van der Waals surface area (Å²) in [6.07, 6.45) is 15.1. The highest BCUT2D eigenvalue weighted by Crippen LogP contribution is 2.39.